The zero-order valence-electron chi connectivity index (χ0n) is 10.3. The minimum absolute atomic E-state index is 0.331. The van der Waals surface area contributed by atoms with E-state index in [0.717, 1.165) is 11.4 Å². The number of benzene rings is 1. The van der Waals surface area contributed by atoms with Crippen molar-refractivity contribution >= 4 is 10.8 Å². The summed E-state index contributed by atoms with van der Waals surface area (Å²) in [5.74, 6) is 0. The average Bonchev–Trinajstić information content (AvgIpc) is 2.28. The van der Waals surface area contributed by atoms with E-state index in [0.29, 0.717) is 6.04 Å². The normalized spacial score (nSPS) is 13.0. The Balaban J connectivity index is 2.81. The van der Waals surface area contributed by atoms with Gasteiger partial charge in [-0.1, -0.05) is 24.3 Å². The van der Waals surface area contributed by atoms with Crippen LogP contribution in [0.15, 0.2) is 24.3 Å². The number of nitrogens with one attached hydrogen (secondary N) is 1. The second-order valence-electron chi connectivity index (χ2n) is 4.25. The molecule has 2 rings (SSSR count). The van der Waals surface area contributed by atoms with Crippen molar-refractivity contribution in [1.82, 2.24) is 10.3 Å². The van der Waals surface area contributed by atoms with Gasteiger partial charge in [-0.25, -0.2) is 0 Å². The van der Waals surface area contributed by atoms with Crippen LogP contribution in [0.4, 0.5) is 0 Å². The fourth-order valence-electron chi connectivity index (χ4n) is 2.29. The van der Waals surface area contributed by atoms with Gasteiger partial charge in [-0.3, -0.25) is 4.98 Å². The monoisotopic (exact) mass is 214 g/mol. The van der Waals surface area contributed by atoms with Gasteiger partial charge in [-0.15, -0.1) is 0 Å². The van der Waals surface area contributed by atoms with E-state index in [2.05, 4.69) is 55.3 Å². The standard InChI is InChI=1S/C14H18N2/c1-9-12-7-5-6-8-13(12)14(10(2)15-4)11(3)16-9/h5-8,10,15H,1-4H3. The van der Waals surface area contributed by atoms with Gasteiger partial charge in [-0.05, 0) is 38.8 Å². The molecule has 0 spiro atoms. The third-order valence-corrected chi connectivity index (χ3v) is 3.20. The lowest BCUT2D eigenvalue weighted by atomic mass is 9.98. The number of hydrogen-bond acceptors (Lipinski definition) is 2. The molecule has 2 nitrogen and oxygen atoms in total. The molecule has 1 atom stereocenters. The molecule has 84 valence electrons. The SMILES string of the molecule is CNC(C)c1c(C)nc(C)c2ccccc12. The van der Waals surface area contributed by atoms with Crippen LogP contribution in [0, 0.1) is 13.8 Å². The van der Waals surface area contributed by atoms with E-state index in [-0.39, 0.29) is 0 Å². The smallest absolute Gasteiger partial charge is 0.0454 e. The molecule has 2 aromatic rings. The van der Waals surface area contributed by atoms with Gasteiger partial charge in [0.05, 0.1) is 0 Å². The summed E-state index contributed by atoms with van der Waals surface area (Å²) in [6, 6.07) is 8.81. The van der Waals surface area contributed by atoms with E-state index in [1.165, 1.54) is 16.3 Å². The van der Waals surface area contributed by atoms with Gasteiger partial charge >= 0.3 is 0 Å². The number of hydrogen-bond donors (Lipinski definition) is 1. The largest absolute Gasteiger partial charge is 0.313 e. The zero-order valence-corrected chi connectivity index (χ0v) is 10.3. The van der Waals surface area contributed by atoms with Crippen LogP contribution in [-0.4, -0.2) is 12.0 Å². The van der Waals surface area contributed by atoms with Crippen molar-refractivity contribution < 1.29 is 0 Å². The molecule has 0 fully saturated rings. The molecule has 0 radical (unpaired) electrons. The van der Waals surface area contributed by atoms with Crippen molar-refractivity contribution in [3.05, 3.63) is 41.2 Å². The van der Waals surface area contributed by atoms with Crippen LogP contribution in [0.25, 0.3) is 10.8 Å². The number of aryl methyl sites for hydroxylation is 2. The molecular weight excluding hydrogens is 196 g/mol. The minimum atomic E-state index is 0.331. The summed E-state index contributed by atoms with van der Waals surface area (Å²) in [6.45, 7) is 6.33. The van der Waals surface area contributed by atoms with Crippen molar-refractivity contribution in [2.24, 2.45) is 0 Å². The van der Waals surface area contributed by atoms with E-state index in [1.807, 2.05) is 7.05 Å². The van der Waals surface area contributed by atoms with Crippen LogP contribution in [0.1, 0.15) is 29.9 Å². The van der Waals surface area contributed by atoms with Gasteiger partial charge in [-0.2, -0.15) is 0 Å². The summed E-state index contributed by atoms with van der Waals surface area (Å²) in [5.41, 5.74) is 3.54. The maximum Gasteiger partial charge on any atom is 0.0454 e. The molecule has 0 saturated carbocycles. The summed E-state index contributed by atoms with van der Waals surface area (Å²) in [4.78, 5) is 4.63. The first kappa shape index (κ1) is 11.1. The molecule has 0 aliphatic carbocycles. The molecule has 0 aliphatic heterocycles. The van der Waals surface area contributed by atoms with Crippen LogP contribution < -0.4 is 5.32 Å². The molecule has 0 saturated heterocycles. The lowest BCUT2D eigenvalue weighted by Crippen LogP contribution is -2.15. The zero-order chi connectivity index (χ0) is 11.7. The Kier molecular flexibility index (Phi) is 2.92. The van der Waals surface area contributed by atoms with Gasteiger partial charge in [0.25, 0.3) is 0 Å². The molecule has 0 aliphatic rings. The van der Waals surface area contributed by atoms with Crippen molar-refractivity contribution in [2.45, 2.75) is 26.8 Å². The first-order valence-corrected chi connectivity index (χ1v) is 5.68. The molecule has 0 amide bonds. The van der Waals surface area contributed by atoms with Crippen LogP contribution in [0.2, 0.25) is 0 Å². The molecule has 1 unspecified atom stereocenters. The quantitative estimate of drug-likeness (QED) is 0.830. The van der Waals surface area contributed by atoms with Crippen LogP contribution in [0.3, 0.4) is 0 Å². The van der Waals surface area contributed by atoms with Crippen LogP contribution >= 0.6 is 0 Å². The van der Waals surface area contributed by atoms with Crippen LogP contribution in [-0.2, 0) is 0 Å². The molecule has 16 heavy (non-hydrogen) atoms. The Morgan fingerprint density at radius 1 is 1.06 bits per heavy atom. The topological polar surface area (TPSA) is 24.9 Å². The summed E-state index contributed by atoms with van der Waals surface area (Å²) in [5, 5.41) is 5.86. The van der Waals surface area contributed by atoms with E-state index in [9.17, 15) is 0 Å². The van der Waals surface area contributed by atoms with Crippen molar-refractivity contribution in [2.75, 3.05) is 7.05 Å². The van der Waals surface area contributed by atoms with Gasteiger partial charge in [0.1, 0.15) is 0 Å². The highest BCUT2D eigenvalue weighted by Gasteiger charge is 2.13. The highest BCUT2D eigenvalue weighted by Crippen LogP contribution is 2.27. The predicted octanol–water partition coefficient (Wildman–Crippen LogP) is 3.13. The number of aromatic nitrogens is 1. The Morgan fingerprint density at radius 3 is 2.31 bits per heavy atom. The van der Waals surface area contributed by atoms with E-state index in [4.69, 9.17) is 0 Å². The van der Waals surface area contributed by atoms with Crippen LogP contribution in [0.5, 0.6) is 0 Å². The molecule has 1 N–H and O–H groups in total. The van der Waals surface area contributed by atoms with Gasteiger partial charge < -0.3 is 5.32 Å². The third kappa shape index (κ3) is 1.69. The van der Waals surface area contributed by atoms with Gasteiger partial charge in [0.2, 0.25) is 0 Å². The maximum absolute atomic E-state index is 4.63. The van der Waals surface area contributed by atoms with Crippen molar-refractivity contribution in [1.29, 1.82) is 0 Å². The highest BCUT2D eigenvalue weighted by atomic mass is 14.9. The summed E-state index contributed by atoms with van der Waals surface area (Å²) in [7, 11) is 1.98. The second kappa shape index (κ2) is 4.22. The fourth-order valence-corrected chi connectivity index (χ4v) is 2.29. The fraction of sp³-hybridized carbons (Fsp3) is 0.357. The number of rotatable bonds is 2. The Morgan fingerprint density at radius 2 is 1.69 bits per heavy atom. The lowest BCUT2D eigenvalue weighted by molar-refractivity contribution is 0.649. The Bertz CT molecular complexity index is 517. The molecule has 1 aromatic carbocycles. The summed E-state index contributed by atoms with van der Waals surface area (Å²) >= 11 is 0. The predicted molar refractivity (Wildman–Crippen MR) is 68.7 cm³/mol. The molecule has 0 bridgehead atoms. The second-order valence-corrected chi connectivity index (χ2v) is 4.25. The lowest BCUT2D eigenvalue weighted by Gasteiger charge is -2.17. The molecule has 2 heteroatoms. The summed E-state index contributed by atoms with van der Waals surface area (Å²) < 4.78 is 0. The van der Waals surface area contributed by atoms with Gasteiger partial charge in [0, 0.05) is 22.8 Å². The Hall–Kier alpha value is -1.41. The van der Waals surface area contributed by atoms with E-state index in [1.54, 1.807) is 0 Å². The number of pyridine rings is 1. The third-order valence-electron chi connectivity index (χ3n) is 3.20. The van der Waals surface area contributed by atoms with Gasteiger partial charge in [0.15, 0.2) is 0 Å². The molecular formula is C14H18N2. The molecule has 1 heterocycles. The number of nitrogens with zero attached hydrogens (tertiary/aromatic N) is 1. The highest BCUT2D eigenvalue weighted by molar-refractivity contribution is 5.88. The minimum Gasteiger partial charge on any atom is -0.313 e. The summed E-state index contributed by atoms with van der Waals surface area (Å²) in [6.07, 6.45) is 0. The first-order valence-electron chi connectivity index (χ1n) is 5.68. The maximum atomic E-state index is 4.63. The van der Waals surface area contributed by atoms with Crippen molar-refractivity contribution in [3.8, 4) is 0 Å². The number of fused-ring (bicyclic) bond motifs is 1. The van der Waals surface area contributed by atoms with E-state index < -0.39 is 0 Å². The first-order chi connectivity index (χ1) is 7.65. The molecule has 1 aromatic heterocycles. The van der Waals surface area contributed by atoms with Crippen molar-refractivity contribution in [3.63, 3.8) is 0 Å². The Labute approximate surface area is 96.7 Å². The average molecular weight is 214 g/mol. The van der Waals surface area contributed by atoms with E-state index >= 15 is 0 Å².